The molecule has 2 atom stereocenters. The number of piperazine rings is 1. The van der Waals surface area contributed by atoms with Crippen LogP contribution in [0.5, 0.6) is 5.88 Å². The molecule has 1 fully saturated rings. The molecule has 2 aliphatic rings. The Balaban J connectivity index is 1.68. The first-order valence-electron chi connectivity index (χ1n) is 10.8. The Labute approximate surface area is 183 Å². The van der Waals surface area contributed by atoms with Crippen LogP contribution in [0.3, 0.4) is 0 Å². The van der Waals surface area contributed by atoms with E-state index >= 15 is 0 Å². The van der Waals surface area contributed by atoms with Crippen LogP contribution in [0.4, 0.5) is 10.6 Å². The number of rotatable bonds is 3. The van der Waals surface area contributed by atoms with E-state index in [0.29, 0.717) is 43.4 Å². The number of nitrogens with zero attached hydrogens (tertiary/aromatic N) is 7. The summed E-state index contributed by atoms with van der Waals surface area (Å²) >= 11 is 0. The minimum absolute atomic E-state index is 0.0172. The van der Waals surface area contributed by atoms with Gasteiger partial charge in [0.05, 0.1) is 24.4 Å². The molecule has 10 heteroatoms. The fourth-order valence-corrected chi connectivity index (χ4v) is 4.57. The maximum Gasteiger partial charge on any atom is 0.321 e. The van der Waals surface area contributed by atoms with Gasteiger partial charge in [0, 0.05) is 43.0 Å². The molecule has 0 bridgehead atoms. The van der Waals surface area contributed by atoms with Crippen molar-refractivity contribution in [1.29, 1.82) is 0 Å². The molecule has 0 saturated carbocycles. The molecule has 4 rings (SSSR count). The van der Waals surface area contributed by atoms with Gasteiger partial charge in [0.15, 0.2) is 5.82 Å². The quantitative estimate of drug-likeness (QED) is 0.795. The molecule has 0 aromatic carbocycles. The van der Waals surface area contributed by atoms with Gasteiger partial charge < -0.3 is 20.3 Å². The normalized spacial score (nSPS) is 23.2. The number of carbonyl (C=O) groups excluding carboxylic acids is 1. The number of nitrogen functional groups attached to an aromatic ring is 1. The van der Waals surface area contributed by atoms with Gasteiger partial charge in [-0.3, -0.25) is 4.90 Å². The highest BCUT2D eigenvalue weighted by Gasteiger charge is 2.48. The third-order valence-electron chi connectivity index (χ3n) is 6.46. The number of ether oxygens (including phenoxy) is 1. The fraction of sp³-hybridized carbons (Fsp3) is 0.619. The average Bonchev–Trinajstić information content (AvgIpc) is 3.19. The van der Waals surface area contributed by atoms with Crippen molar-refractivity contribution in [3.8, 4) is 11.8 Å². The van der Waals surface area contributed by atoms with Crippen molar-refractivity contribution in [3.05, 3.63) is 23.5 Å². The molecule has 2 N–H and O–H groups in total. The summed E-state index contributed by atoms with van der Waals surface area (Å²) in [5, 5.41) is 4.50. The Hall–Kier alpha value is -2.88. The van der Waals surface area contributed by atoms with Gasteiger partial charge in [-0.2, -0.15) is 9.67 Å². The molecular weight excluding hydrogens is 396 g/mol. The highest BCUT2D eigenvalue weighted by atomic mass is 16.5. The number of likely N-dealkylation sites (N-methyl/N-ethyl adjacent to an activating group) is 1. The summed E-state index contributed by atoms with van der Waals surface area (Å²) in [5.74, 6) is 1.24. The van der Waals surface area contributed by atoms with Crippen LogP contribution in [-0.2, 0) is 12.1 Å². The van der Waals surface area contributed by atoms with Crippen molar-refractivity contribution >= 4 is 11.8 Å². The molecule has 2 amide bonds. The number of urea groups is 1. The third kappa shape index (κ3) is 3.48. The summed E-state index contributed by atoms with van der Waals surface area (Å²) in [6, 6.07) is 2.16. The predicted octanol–water partition coefficient (Wildman–Crippen LogP) is 1.84. The topological polar surface area (TPSA) is 106 Å². The minimum Gasteiger partial charge on any atom is -0.478 e. The Morgan fingerprint density at radius 3 is 2.74 bits per heavy atom. The summed E-state index contributed by atoms with van der Waals surface area (Å²) in [6.07, 6.45) is 1.63. The second kappa shape index (κ2) is 7.67. The zero-order chi connectivity index (χ0) is 22.5. The second-order valence-electron chi connectivity index (χ2n) is 8.97. The van der Waals surface area contributed by atoms with Crippen LogP contribution >= 0.6 is 0 Å². The van der Waals surface area contributed by atoms with E-state index < -0.39 is 5.54 Å². The number of hydrogen-bond donors (Lipinski definition) is 1. The lowest BCUT2D eigenvalue weighted by atomic mass is 10.00. The van der Waals surface area contributed by atoms with Crippen LogP contribution < -0.4 is 10.5 Å². The zero-order valence-electron chi connectivity index (χ0n) is 19.2. The van der Waals surface area contributed by atoms with Crippen LogP contribution in [0.15, 0.2) is 12.3 Å². The molecule has 0 radical (unpaired) electrons. The molecule has 2 aromatic rings. The summed E-state index contributed by atoms with van der Waals surface area (Å²) in [5.41, 5.74) is 7.33. The minimum atomic E-state index is -0.631. The Morgan fingerprint density at radius 2 is 2.03 bits per heavy atom. The Morgan fingerprint density at radius 1 is 1.29 bits per heavy atom. The van der Waals surface area contributed by atoms with Crippen molar-refractivity contribution < 1.29 is 9.53 Å². The maximum atomic E-state index is 13.7. The monoisotopic (exact) mass is 428 g/mol. The van der Waals surface area contributed by atoms with Crippen LogP contribution in [0, 0.1) is 0 Å². The lowest BCUT2D eigenvalue weighted by Gasteiger charge is -2.45. The van der Waals surface area contributed by atoms with E-state index in [2.05, 4.69) is 40.9 Å². The zero-order valence-corrected chi connectivity index (χ0v) is 19.2. The summed E-state index contributed by atoms with van der Waals surface area (Å²) in [4.78, 5) is 28.6. The molecule has 168 valence electrons. The first-order chi connectivity index (χ1) is 14.6. The first-order valence-corrected chi connectivity index (χ1v) is 10.8. The molecule has 2 aromatic heterocycles. The Bertz CT molecular complexity index is 988. The number of anilines is 1. The van der Waals surface area contributed by atoms with Crippen LogP contribution in [0.1, 0.15) is 45.9 Å². The molecule has 0 spiro atoms. The molecular formula is C21H32N8O2. The SMILES string of the molecule is CCOc1ccnc(-n2nc(N)c3c2C(C)(C)N(C(=O)N2C[C@@H](C)N(C)C[C@@H]2C)C3)n1. The highest BCUT2D eigenvalue weighted by Crippen LogP contribution is 2.43. The van der Waals surface area contributed by atoms with E-state index in [0.717, 1.165) is 17.8 Å². The largest absolute Gasteiger partial charge is 0.478 e. The van der Waals surface area contributed by atoms with Gasteiger partial charge in [-0.05, 0) is 41.7 Å². The lowest BCUT2D eigenvalue weighted by molar-refractivity contribution is 0.0454. The van der Waals surface area contributed by atoms with E-state index in [9.17, 15) is 4.79 Å². The number of aromatic nitrogens is 4. The Kier molecular flexibility index (Phi) is 5.28. The molecule has 31 heavy (non-hydrogen) atoms. The van der Waals surface area contributed by atoms with Crippen molar-refractivity contribution in [2.75, 3.05) is 32.5 Å². The van der Waals surface area contributed by atoms with E-state index in [1.54, 1.807) is 16.9 Å². The molecule has 4 heterocycles. The third-order valence-corrected chi connectivity index (χ3v) is 6.46. The lowest BCUT2D eigenvalue weighted by Crippen LogP contribution is -2.60. The number of carbonyl (C=O) groups is 1. The molecule has 1 saturated heterocycles. The number of nitrogens with two attached hydrogens (primary N) is 1. The molecule has 10 nitrogen and oxygen atoms in total. The molecule has 0 aliphatic carbocycles. The fourth-order valence-electron chi connectivity index (χ4n) is 4.57. The van der Waals surface area contributed by atoms with Gasteiger partial charge in [-0.1, -0.05) is 0 Å². The van der Waals surface area contributed by atoms with Crippen molar-refractivity contribution in [1.82, 2.24) is 34.4 Å². The number of hydrogen-bond acceptors (Lipinski definition) is 7. The second-order valence-corrected chi connectivity index (χ2v) is 8.97. The van der Waals surface area contributed by atoms with Gasteiger partial charge in [0.25, 0.3) is 5.95 Å². The average molecular weight is 429 g/mol. The van der Waals surface area contributed by atoms with Crippen LogP contribution in [0.25, 0.3) is 5.95 Å². The highest BCUT2D eigenvalue weighted by molar-refractivity contribution is 5.78. The predicted molar refractivity (Wildman–Crippen MR) is 117 cm³/mol. The maximum absolute atomic E-state index is 13.7. The summed E-state index contributed by atoms with van der Waals surface area (Å²) < 4.78 is 7.17. The summed E-state index contributed by atoms with van der Waals surface area (Å²) in [6.45, 7) is 12.6. The molecule has 0 unspecified atom stereocenters. The van der Waals surface area contributed by atoms with Gasteiger partial charge >= 0.3 is 6.03 Å². The summed E-state index contributed by atoms with van der Waals surface area (Å²) in [7, 11) is 2.10. The smallest absolute Gasteiger partial charge is 0.321 e. The van der Waals surface area contributed by atoms with E-state index in [-0.39, 0.29) is 12.1 Å². The van der Waals surface area contributed by atoms with Gasteiger partial charge in [0.2, 0.25) is 5.88 Å². The number of fused-ring (bicyclic) bond motifs is 1. The van der Waals surface area contributed by atoms with Crippen LogP contribution in [-0.4, -0.2) is 79.3 Å². The van der Waals surface area contributed by atoms with Gasteiger partial charge in [-0.25, -0.2) is 9.78 Å². The van der Waals surface area contributed by atoms with Gasteiger partial charge in [0.1, 0.15) is 0 Å². The van der Waals surface area contributed by atoms with E-state index in [4.69, 9.17) is 10.5 Å². The van der Waals surface area contributed by atoms with Crippen molar-refractivity contribution in [3.63, 3.8) is 0 Å². The van der Waals surface area contributed by atoms with E-state index in [1.165, 1.54) is 0 Å². The van der Waals surface area contributed by atoms with E-state index in [1.807, 2.05) is 30.6 Å². The van der Waals surface area contributed by atoms with Crippen LogP contribution in [0.2, 0.25) is 0 Å². The van der Waals surface area contributed by atoms with Gasteiger partial charge in [-0.15, -0.1) is 5.10 Å². The first kappa shape index (κ1) is 21.4. The van der Waals surface area contributed by atoms with Crippen molar-refractivity contribution in [2.24, 2.45) is 0 Å². The standard InChI is InChI=1S/C21H32N8O2/c1-7-31-16-8-9-23-19(24-16)29-17-15(18(22)25-29)12-28(21(17,4)5)20(30)27-11-13(2)26(6)10-14(27)3/h8-9,13-14H,7,10-12H2,1-6H3,(H2,22,25)/t13-,14+/m1/s1. The van der Waals surface area contributed by atoms with Crippen molar-refractivity contribution in [2.45, 2.75) is 58.8 Å². The molecule has 2 aliphatic heterocycles. The number of amides is 2.